The molecule has 0 saturated carbocycles. The number of aryl methyl sites for hydroxylation is 2. The van der Waals surface area contributed by atoms with E-state index in [0.717, 1.165) is 11.1 Å². The van der Waals surface area contributed by atoms with Crippen LogP contribution in [0.3, 0.4) is 0 Å². The fraction of sp³-hybridized carbons (Fsp3) is 0.286. The third-order valence-electron chi connectivity index (χ3n) is 4.61. The molecular formula is C21H21ClN2O4. The highest BCUT2D eigenvalue weighted by Gasteiger charge is 2.36. The molecule has 1 aliphatic rings. The van der Waals surface area contributed by atoms with Gasteiger partial charge in [0.15, 0.2) is 6.61 Å². The van der Waals surface area contributed by atoms with Gasteiger partial charge in [0.1, 0.15) is 0 Å². The molecule has 0 bridgehead atoms. The predicted octanol–water partition coefficient (Wildman–Crippen LogP) is 3.49. The monoisotopic (exact) mass is 400 g/mol. The topological polar surface area (TPSA) is 75.7 Å². The summed E-state index contributed by atoms with van der Waals surface area (Å²) >= 11 is 5.87. The standard InChI is InChI=1S/C21H21ClN2O4/c1-13-3-4-14(2)18(9-13)23-19(25)12-28-21(27)15-10-20(26)24(11-15)17-7-5-16(22)6-8-17/h3-9,15H,10-12H2,1-2H3,(H,23,25)/t15-/m0/s1. The largest absolute Gasteiger partial charge is 0.455 e. The van der Waals surface area contributed by atoms with Crippen molar-refractivity contribution in [2.75, 3.05) is 23.4 Å². The number of esters is 1. The van der Waals surface area contributed by atoms with Gasteiger partial charge in [0.2, 0.25) is 5.91 Å². The van der Waals surface area contributed by atoms with Gasteiger partial charge in [-0.25, -0.2) is 0 Å². The van der Waals surface area contributed by atoms with Gasteiger partial charge < -0.3 is 15.0 Å². The number of benzene rings is 2. The number of ether oxygens (including phenoxy) is 1. The molecule has 6 nitrogen and oxygen atoms in total. The molecule has 3 rings (SSSR count). The predicted molar refractivity (Wildman–Crippen MR) is 107 cm³/mol. The van der Waals surface area contributed by atoms with E-state index in [0.29, 0.717) is 16.4 Å². The van der Waals surface area contributed by atoms with E-state index in [1.165, 1.54) is 4.90 Å². The lowest BCUT2D eigenvalue weighted by Crippen LogP contribution is -2.28. The summed E-state index contributed by atoms with van der Waals surface area (Å²) in [4.78, 5) is 38.2. The van der Waals surface area contributed by atoms with Crippen LogP contribution in [0.15, 0.2) is 42.5 Å². The van der Waals surface area contributed by atoms with Gasteiger partial charge >= 0.3 is 5.97 Å². The average molecular weight is 401 g/mol. The summed E-state index contributed by atoms with van der Waals surface area (Å²) in [5.41, 5.74) is 3.30. The number of carbonyl (C=O) groups excluding carboxylic acids is 3. The van der Waals surface area contributed by atoms with E-state index >= 15 is 0 Å². The highest BCUT2D eigenvalue weighted by atomic mass is 35.5. The molecule has 1 fully saturated rings. The molecule has 2 aromatic rings. The zero-order valence-corrected chi connectivity index (χ0v) is 16.5. The lowest BCUT2D eigenvalue weighted by molar-refractivity contribution is -0.151. The molecule has 1 aliphatic heterocycles. The Bertz CT molecular complexity index is 911. The quantitative estimate of drug-likeness (QED) is 0.779. The summed E-state index contributed by atoms with van der Waals surface area (Å²) < 4.78 is 5.13. The first-order valence-corrected chi connectivity index (χ1v) is 9.31. The van der Waals surface area contributed by atoms with Crippen LogP contribution in [0.2, 0.25) is 5.02 Å². The Morgan fingerprint density at radius 2 is 1.89 bits per heavy atom. The maximum absolute atomic E-state index is 12.3. The molecule has 0 radical (unpaired) electrons. The van der Waals surface area contributed by atoms with Crippen molar-refractivity contribution in [3.8, 4) is 0 Å². The van der Waals surface area contributed by atoms with Crippen LogP contribution in [0.25, 0.3) is 0 Å². The molecule has 0 aromatic heterocycles. The number of nitrogens with zero attached hydrogens (tertiary/aromatic N) is 1. The number of nitrogens with one attached hydrogen (secondary N) is 1. The lowest BCUT2D eigenvalue weighted by Gasteiger charge is -2.16. The van der Waals surface area contributed by atoms with E-state index in [1.54, 1.807) is 24.3 Å². The number of hydrogen-bond donors (Lipinski definition) is 1. The van der Waals surface area contributed by atoms with Gasteiger partial charge in [0, 0.05) is 29.4 Å². The Balaban J connectivity index is 1.53. The SMILES string of the molecule is Cc1ccc(C)c(NC(=O)COC(=O)[C@H]2CC(=O)N(c3ccc(Cl)cc3)C2)c1. The first-order chi connectivity index (χ1) is 13.3. The maximum atomic E-state index is 12.3. The fourth-order valence-corrected chi connectivity index (χ4v) is 3.17. The number of rotatable bonds is 5. The van der Waals surface area contributed by atoms with Gasteiger partial charge in [-0.1, -0.05) is 23.7 Å². The smallest absolute Gasteiger partial charge is 0.311 e. The van der Waals surface area contributed by atoms with Crippen molar-refractivity contribution in [2.24, 2.45) is 5.92 Å². The molecule has 1 N–H and O–H groups in total. The molecule has 1 saturated heterocycles. The van der Waals surface area contributed by atoms with Crippen LogP contribution in [0.4, 0.5) is 11.4 Å². The third-order valence-corrected chi connectivity index (χ3v) is 4.86. The minimum absolute atomic E-state index is 0.0556. The van der Waals surface area contributed by atoms with Gasteiger partial charge in [-0.15, -0.1) is 0 Å². The second kappa shape index (κ2) is 8.44. The Kier molecular flexibility index (Phi) is 5.99. The van der Waals surface area contributed by atoms with E-state index in [4.69, 9.17) is 16.3 Å². The minimum atomic E-state index is -0.600. The summed E-state index contributed by atoms with van der Waals surface area (Å²) in [6.45, 7) is 3.64. The number of halogens is 1. The van der Waals surface area contributed by atoms with E-state index in [-0.39, 0.29) is 18.9 Å². The summed E-state index contributed by atoms with van der Waals surface area (Å²) in [7, 11) is 0. The number of hydrogen-bond acceptors (Lipinski definition) is 4. The number of carbonyl (C=O) groups is 3. The zero-order chi connectivity index (χ0) is 20.3. The molecule has 7 heteroatoms. The Hall–Kier alpha value is -2.86. The molecule has 1 heterocycles. The van der Waals surface area contributed by atoms with Gasteiger partial charge in [-0.2, -0.15) is 0 Å². The Labute approximate surface area is 168 Å². The first kappa shape index (κ1) is 19.9. The van der Waals surface area contributed by atoms with Crippen molar-refractivity contribution < 1.29 is 19.1 Å². The van der Waals surface area contributed by atoms with Crippen molar-refractivity contribution >= 4 is 40.8 Å². The highest BCUT2D eigenvalue weighted by molar-refractivity contribution is 6.30. The van der Waals surface area contributed by atoms with Crippen LogP contribution >= 0.6 is 11.6 Å². The Morgan fingerprint density at radius 1 is 1.18 bits per heavy atom. The molecule has 1 atom stereocenters. The molecule has 28 heavy (non-hydrogen) atoms. The highest BCUT2D eigenvalue weighted by Crippen LogP contribution is 2.27. The van der Waals surface area contributed by atoms with E-state index in [2.05, 4.69) is 5.32 Å². The summed E-state index contributed by atoms with van der Waals surface area (Å²) in [5, 5.41) is 3.31. The molecule has 146 valence electrons. The van der Waals surface area contributed by atoms with Crippen molar-refractivity contribution in [1.29, 1.82) is 0 Å². The van der Waals surface area contributed by atoms with Crippen LogP contribution < -0.4 is 10.2 Å². The van der Waals surface area contributed by atoms with Crippen LogP contribution in [-0.2, 0) is 19.1 Å². The molecule has 0 unspecified atom stereocenters. The van der Waals surface area contributed by atoms with E-state index < -0.39 is 24.4 Å². The molecule has 0 spiro atoms. The normalized spacial score (nSPS) is 16.2. The number of amides is 2. The molecule has 2 aromatic carbocycles. The van der Waals surface area contributed by atoms with Gasteiger partial charge in [-0.05, 0) is 55.3 Å². The molecule has 0 aliphatic carbocycles. The van der Waals surface area contributed by atoms with Crippen molar-refractivity contribution in [2.45, 2.75) is 20.3 Å². The average Bonchev–Trinajstić information content (AvgIpc) is 3.05. The number of anilines is 2. The summed E-state index contributed by atoms with van der Waals surface area (Å²) in [5.74, 6) is -1.73. The molecule has 2 amide bonds. The van der Waals surface area contributed by atoms with E-state index in [9.17, 15) is 14.4 Å². The maximum Gasteiger partial charge on any atom is 0.311 e. The van der Waals surface area contributed by atoms with Crippen LogP contribution in [0.1, 0.15) is 17.5 Å². The van der Waals surface area contributed by atoms with Crippen LogP contribution in [0, 0.1) is 19.8 Å². The zero-order valence-electron chi connectivity index (χ0n) is 15.7. The Morgan fingerprint density at radius 3 is 2.61 bits per heavy atom. The second-order valence-corrected chi connectivity index (χ2v) is 7.29. The van der Waals surface area contributed by atoms with Crippen molar-refractivity contribution in [3.63, 3.8) is 0 Å². The fourth-order valence-electron chi connectivity index (χ4n) is 3.05. The van der Waals surface area contributed by atoms with Crippen LogP contribution in [0.5, 0.6) is 0 Å². The second-order valence-electron chi connectivity index (χ2n) is 6.86. The van der Waals surface area contributed by atoms with Crippen molar-refractivity contribution in [1.82, 2.24) is 0 Å². The van der Waals surface area contributed by atoms with Crippen molar-refractivity contribution in [3.05, 3.63) is 58.6 Å². The van der Waals surface area contributed by atoms with Crippen LogP contribution in [-0.4, -0.2) is 30.9 Å². The van der Waals surface area contributed by atoms with Gasteiger partial charge in [0.05, 0.1) is 5.92 Å². The summed E-state index contributed by atoms with van der Waals surface area (Å²) in [6.07, 6.45) is 0.0556. The lowest BCUT2D eigenvalue weighted by atomic mass is 10.1. The van der Waals surface area contributed by atoms with Gasteiger partial charge in [-0.3, -0.25) is 14.4 Å². The third kappa shape index (κ3) is 4.70. The van der Waals surface area contributed by atoms with E-state index in [1.807, 2.05) is 32.0 Å². The minimum Gasteiger partial charge on any atom is -0.455 e. The first-order valence-electron chi connectivity index (χ1n) is 8.93. The summed E-state index contributed by atoms with van der Waals surface area (Å²) in [6, 6.07) is 12.5. The van der Waals surface area contributed by atoms with Gasteiger partial charge in [0.25, 0.3) is 5.91 Å². The molecular weight excluding hydrogens is 380 g/mol.